The Balaban J connectivity index is 1.36. The fraction of sp³-hybridized carbons (Fsp3) is 0.192. The van der Waals surface area contributed by atoms with Crippen molar-refractivity contribution in [1.29, 1.82) is 0 Å². The van der Waals surface area contributed by atoms with Gasteiger partial charge >= 0.3 is 0 Å². The molecule has 6 rings (SSSR count). The van der Waals surface area contributed by atoms with Crippen LogP contribution in [0.15, 0.2) is 65.7 Å². The van der Waals surface area contributed by atoms with Gasteiger partial charge in [-0.3, -0.25) is 18.8 Å². The average molecular weight is 529 g/mol. The third-order valence-electron chi connectivity index (χ3n) is 6.37. The van der Waals surface area contributed by atoms with Crippen molar-refractivity contribution in [3.63, 3.8) is 0 Å². The maximum atomic E-state index is 13.2. The molecule has 3 N–H and O–H groups in total. The Hall–Kier alpha value is -4.71. The van der Waals surface area contributed by atoms with E-state index in [2.05, 4.69) is 25.3 Å². The van der Waals surface area contributed by atoms with Crippen LogP contribution in [0, 0.1) is 0 Å². The Bertz CT molecular complexity index is 1710. The number of rotatable bonds is 6. The number of benzene rings is 2. The summed E-state index contributed by atoms with van der Waals surface area (Å²) in [5.74, 6) is 1.10. The number of carbonyl (C=O) groups is 1. The molecule has 12 heteroatoms. The molecule has 0 saturated carbocycles. The zero-order chi connectivity index (χ0) is 26.2. The molecule has 5 aromatic rings. The number of amides is 1. The molecule has 11 nitrogen and oxygen atoms in total. The minimum absolute atomic E-state index is 0.137. The highest BCUT2D eigenvalue weighted by molar-refractivity contribution is 7.20. The van der Waals surface area contributed by atoms with Crippen molar-refractivity contribution >= 4 is 44.8 Å². The van der Waals surface area contributed by atoms with E-state index in [0.29, 0.717) is 47.0 Å². The van der Waals surface area contributed by atoms with Gasteiger partial charge in [-0.25, -0.2) is 9.97 Å². The smallest absolute Gasteiger partial charge is 0.298 e. The third-order valence-corrected chi connectivity index (χ3v) is 7.39. The summed E-state index contributed by atoms with van der Waals surface area (Å²) in [5.41, 5.74) is 8.55. The van der Waals surface area contributed by atoms with Crippen LogP contribution in [-0.2, 0) is 13.5 Å². The number of hydrogen-bond donors (Lipinski definition) is 2. The lowest BCUT2D eigenvalue weighted by atomic mass is 10.1. The Kier molecular flexibility index (Phi) is 6.00. The van der Waals surface area contributed by atoms with E-state index in [4.69, 9.17) is 10.5 Å². The minimum Gasteiger partial charge on any atom is -0.490 e. The highest BCUT2D eigenvalue weighted by Gasteiger charge is 2.22. The molecule has 0 bridgehead atoms. The van der Waals surface area contributed by atoms with Gasteiger partial charge in [-0.1, -0.05) is 18.2 Å². The Morgan fingerprint density at radius 3 is 2.79 bits per heavy atom. The van der Waals surface area contributed by atoms with Crippen LogP contribution in [-0.4, -0.2) is 49.9 Å². The van der Waals surface area contributed by atoms with Crippen LogP contribution in [0.5, 0.6) is 5.75 Å². The number of thiophene rings is 1. The number of para-hydroxylation sites is 1. The number of nitrogens with zero attached hydrogens (tertiary/aromatic N) is 6. The normalized spacial score (nSPS) is 12.8. The highest BCUT2D eigenvalue weighted by Crippen LogP contribution is 2.38. The number of aryl methyl sites for hydroxylation is 1. The molecular formula is C26H24N8O3S. The van der Waals surface area contributed by atoms with Gasteiger partial charge in [-0.15, -0.1) is 11.3 Å². The van der Waals surface area contributed by atoms with Gasteiger partial charge in [0, 0.05) is 25.7 Å². The largest absolute Gasteiger partial charge is 0.490 e. The first-order valence-corrected chi connectivity index (χ1v) is 12.8. The van der Waals surface area contributed by atoms with E-state index in [1.807, 2.05) is 48.5 Å². The molecule has 0 radical (unpaired) electrons. The van der Waals surface area contributed by atoms with Crippen LogP contribution in [0.3, 0.4) is 0 Å². The average Bonchev–Trinajstić information content (AvgIpc) is 3.55. The Morgan fingerprint density at radius 2 is 2.00 bits per heavy atom. The molecule has 0 saturated heterocycles. The van der Waals surface area contributed by atoms with Gasteiger partial charge in [0.1, 0.15) is 29.3 Å². The summed E-state index contributed by atoms with van der Waals surface area (Å²) in [6, 6.07) is 17.2. The highest BCUT2D eigenvalue weighted by atomic mass is 32.1. The summed E-state index contributed by atoms with van der Waals surface area (Å²) in [4.78, 5) is 37.7. The fourth-order valence-electron chi connectivity index (χ4n) is 4.50. The molecule has 4 heterocycles. The molecule has 0 atom stereocenters. The van der Waals surface area contributed by atoms with Crippen molar-refractivity contribution in [2.75, 3.05) is 30.3 Å². The molecule has 0 unspecified atom stereocenters. The number of carbonyl (C=O) groups excluding carboxylic acids is 1. The number of aromatic nitrogens is 5. The van der Waals surface area contributed by atoms with E-state index in [-0.39, 0.29) is 11.7 Å². The van der Waals surface area contributed by atoms with Gasteiger partial charge in [0.25, 0.3) is 11.5 Å². The maximum Gasteiger partial charge on any atom is 0.298 e. The molecule has 0 spiro atoms. The maximum absolute atomic E-state index is 13.2. The zero-order valence-electron chi connectivity index (χ0n) is 20.5. The zero-order valence-corrected chi connectivity index (χ0v) is 21.3. The van der Waals surface area contributed by atoms with E-state index < -0.39 is 5.56 Å². The fourth-order valence-corrected chi connectivity index (χ4v) is 5.45. The van der Waals surface area contributed by atoms with Gasteiger partial charge in [0.15, 0.2) is 5.82 Å². The lowest BCUT2D eigenvalue weighted by Gasteiger charge is -2.31. The van der Waals surface area contributed by atoms with Crippen molar-refractivity contribution in [2.45, 2.75) is 6.42 Å². The second kappa shape index (κ2) is 9.63. The first-order chi connectivity index (χ1) is 18.5. The predicted molar refractivity (Wildman–Crippen MR) is 146 cm³/mol. The van der Waals surface area contributed by atoms with Crippen LogP contribution >= 0.6 is 11.3 Å². The molecule has 2 aromatic carbocycles. The predicted octanol–water partition coefficient (Wildman–Crippen LogP) is 2.66. The summed E-state index contributed by atoms with van der Waals surface area (Å²) in [7, 11) is 1.80. The molecule has 1 amide bonds. The molecule has 38 heavy (non-hydrogen) atoms. The molecular weight excluding hydrogens is 504 g/mol. The summed E-state index contributed by atoms with van der Waals surface area (Å²) >= 11 is 1.18. The number of nitrogen functional groups attached to an aromatic ring is 1. The number of anilines is 3. The van der Waals surface area contributed by atoms with Crippen LogP contribution in [0.4, 0.5) is 17.2 Å². The van der Waals surface area contributed by atoms with E-state index in [1.54, 1.807) is 17.8 Å². The summed E-state index contributed by atoms with van der Waals surface area (Å²) in [5, 5.41) is 6.94. The number of ether oxygens (including phenoxy) is 1. The monoisotopic (exact) mass is 528 g/mol. The molecule has 1 aliphatic rings. The first-order valence-electron chi connectivity index (χ1n) is 12.0. The van der Waals surface area contributed by atoms with Crippen molar-refractivity contribution in [1.82, 2.24) is 29.6 Å². The van der Waals surface area contributed by atoms with Crippen molar-refractivity contribution < 1.29 is 9.53 Å². The van der Waals surface area contributed by atoms with Crippen LogP contribution in [0.1, 0.15) is 15.5 Å². The Labute approximate surface area is 221 Å². The van der Waals surface area contributed by atoms with Gasteiger partial charge in [0.2, 0.25) is 0 Å². The van der Waals surface area contributed by atoms with E-state index >= 15 is 0 Å². The Morgan fingerprint density at radius 1 is 1.16 bits per heavy atom. The van der Waals surface area contributed by atoms with Crippen LogP contribution in [0.2, 0.25) is 0 Å². The second-order valence-electron chi connectivity index (χ2n) is 8.73. The van der Waals surface area contributed by atoms with Crippen LogP contribution in [0.25, 0.3) is 16.0 Å². The molecule has 192 valence electrons. The molecule has 0 aliphatic carbocycles. The van der Waals surface area contributed by atoms with Crippen molar-refractivity contribution in [3.8, 4) is 11.4 Å². The first kappa shape index (κ1) is 23.7. The summed E-state index contributed by atoms with van der Waals surface area (Å²) in [6.07, 6.45) is 2.02. The van der Waals surface area contributed by atoms with E-state index in [0.717, 1.165) is 22.9 Å². The molecule has 0 fully saturated rings. The molecule has 3 aromatic heterocycles. The SMILES string of the molecule is Cn1ncnc1CCNC(=O)c1cc2c(nc(N)c(=O)n2-c2ccc3c(c2)N(c2ccccc2)CCO3)s1. The van der Waals surface area contributed by atoms with Gasteiger partial charge in [-0.2, -0.15) is 5.10 Å². The topological polar surface area (TPSA) is 133 Å². The summed E-state index contributed by atoms with van der Waals surface area (Å²) in [6.45, 7) is 1.61. The number of nitrogens with two attached hydrogens (primary N) is 1. The summed E-state index contributed by atoms with van der Waals surface area (Å²) < 4.78 is 9.06. The quantitative estimate of drug-likeness (QED) is 0.344. The number of nitrogens with one attached hydrogen (secondary N) is 1. The van der Waals surface area contributed by atoms with Gasteiger partial charge < -0.3 is 20.7 Å². The second-order valence-corrected chi connectivity index (χ2v) is 9.76. The van der Waals surface area contributed by atoms with E-state index in [9.17, 15) is 9.59 Å². The third kappa shape index (κ3) is 4.24. The number of hydrogen-bond acceptors (Lipinski definition) is 9. The number of fused-ring (bicyclic) bond motifs is 2. The lowest BCUT2D eigenvalue weighted by molar-refractivity contribution is 0.0958. The molecule has 1 aliphatic heterocycles. The van der Waals surface area contributed by atoms with Crippen molar-refractivity contribution in [3.05, 3.63) is 82.0 Å². The van der Waals surface area contributed by atoms with Crippen molar-refractivity contribution in [2.24, 2.45) is 7.05 Å². The lowest BCUT2D eigenvalue weighted by Crippen LogP contribution is -2.29. The standard InChI is InChI=1S/C26H24N8O3S/c1-32-22(29-15-30-32)9-10-28-24(35)21-14-19-25(38-21)31-23(27)26(36)34(19)17-7-8-20-18(13-17)33(11-12-37-20)16-5-3-2-4-6-16/h2-8,13-15H,9-12H2,1H3,(H2,27,31)(H,28,35). The van der Waals surface area contributed by atoms with Gasteiger partial charge in [0.05, 0.1) is 28.3 Å². The minimum atomic E-state index is -0.451. The van der Waals surface area contributed by atoms with Gasteiger partial charge in [-0.05, 0) is 36.4 Å². The van der Waals surface area contributed by atoms with Crippen LogP contribution < -0.4 is 26.2 Å². The van der Waals surface area contributed by atoms with E-state index in [1.165, 1.54) is 22.2 Å².